The first-order valence-electron chi connectivity index (χ1n) is 9.31. The molecule has 2 aliphatic heterocycles. The van der Waals surface area contributed by atoms with E-state index in [9.17, 15) is 0 Å². The lowest BCUT2D eigenvalue weighted by Gasteiger charge is -2.41. The Kier molecular flexibility index (Phi) is 4.26. The van der Waals surface area contributed by atoms with Crippen LogP contribution < -0.4 is 0 Å². The Bertz CT molecular complexity index is 690. The molecule has 1 aromatic heterocycles. The van der Waals surface area contributed by atoms with E-state index < -0.39 is 0 Å². The molecule has 5 rings (SSSR count). The molecule has 3 aliphatic rings. The predicted octanol–water partition coefficient (Wildman–Crippen LogP) is 5.02. The average molecular weight is 310 g/mol. The summed E-state index contributed by atoms with van der Waals surface area (Å²) in [6, 6.07) is 9.45. The van der Waals surface area contributed by atoms with E-state index in [0.29, 0.717) is 0 Å². The highest BCUT2D eigenvalue weighted by Gasteiger charge is 2.34. The van der Waals surface area contributed by atoms with E-state index in [2.05, 4.69) is 59.4 Å². The molecule has 2 bridgehead atoms. The van der Waals surface area contributed by atoms with E-state index in [4.69, 9.17) is 0 Å². The maximum absolute atomic E-state index is 3.40. The Balaban J connectivity index is 0.00000169. The number of benzene rings is 1. The first-order valence-corrected chi connectivity index (χ1v) is 9.31. The summed E-state index contributed by atoms with van der Waals surface area (Å²) in [6.45, 7) is 4.90. The van der Waals surface area contributed by atoms with E-state index in [0.717, 1.165) is 17.9 Å². The third-order valence-electron chi connectivity index (χ3n) is 6.02. The van der Waals surface area contributed by atoms with Crippen LogP contribution in [0.3, 0.4) is 0 Å². The van der Waals surface area contributed by atoms with Gasteiger partial charge in [0.2, 0.25) is 0 Å². The first kappa shape index (κ1) is 15.0. The number of para-hydroxylation sites is 1. The summed E-state index contributed by atoms with van der Waals surface area (Å²) < 4.78 is 0. The molecule has 2 aromatic rings. The fourth-order valence-corrected chi connectivity index (χ4v) is 4.67. The van der Waals surface area contributed by atoms with Gasteiger partial charge in [0.05, 0.1) is 0 Å². The number of nitrogens with one attached hydrogen (secondary N) is 1. The van der Waals surface area contributed by atoms with Gasteiger partial charge in [0.15, 0.2) is 0 Å². The van der Waals surface area contributed by atoms with Crippen LogP contribution in [0.1, 0.15) is 39.6 Å². The lowest BCUT2D eigenvalue weighted by Crippen LogP contribution is -2.45. The maximum Gasteiger partial charge on any atom is 0.0456 e. The molecule has 1 fully saturated rings. The van der Waals surface area contributed by atoms with Gasteiger partial charge in [-0.2, -0.15) is 0 Å². The summed E-state index contributed by atoms with van der Waals surface area (Å²) in [5.74, 6) is 1.72. The summed E-state index contributed by atoms with van der Waals surface area (Å²) in [4.78, 5) is 6.17. The molecule has 0 radical (unpaired) electrons. The molecule has 2 nitrogen and oxygen atoms in total. The molecule has 0 spiro atoms. The third kappa shape index (κ3) is 2.97. The molecular weight excluding hydrogens is 280 g/mol. The van der Waals surface area contributed by atoms with Crippen molar-refractivity contribution in [2.24, 2.45) is 11.8 Å². The highest BCUT2D eigenvalue weighted by molar-refractivity contribution is 5.82. The van der Waals surface area contributed by atoms with Crippen LogP contribution in [0.15, 0.2) is 42.6 Å². The minimum absolute atomic E-state index is 0. The predicted molar refractivity (Wildman–Crippen MR) is 99.7 cm³/mol. The number of aryl methyl sites for hydroxylation is 1. The van der Waals surface area contributed by atoms with Crippen LogP contribution in [-0.2, 0) is 6.42 Å². The molecule has 1 N–H and O–H groups in total. The molecule has 1 aromatic carbocycles. The van der Waals surface area contributed by atoms with Gasteiger partial charge in [-0.3, -0.25) is 4.90 Å². The van der Waals surface area contributed by atoms with Crippen LogP contribution in [-0.4, -0.2) is 29.0 Å². The zero-order valence-electron chi connectivity index (χ0n) is 14.2. The van der Waals surface area contributed by atoms with Gasteiger partial charge in [0.25, 0.3) is 0 Å². The third-order valence-corrected chi connectivity index (χ3v) is 6.02. The van der Waals surface area contributed by atoms with Gasteiger partial charge < -0.3 is 4.98 Å². The Morgan fingerprint density at radius 3 is 3.13 bits per heavy atom. The Morgan fingerprint density at radius 1 is 1.30 bits per heavy atom. The molecular formula is C21H30N2. The summed E-state index contributed by atoms with van der Waals surface area (Å²) in [7, 11) is 0. The van der Waals surface area contributed by atoms with Crippen molar-refractivity contribution in [2.75, 3.05) is 13.1 Å². The Hall–Kier alpha value is -1.54. The van der Waals surface area contributed by atoms with Crippen molar-refractivity contribution in [1.29, 1.82) is 0 Å². The SMILES string of the molecule is CCC1CC2CC=CC1CN2CCCc1c[nH]c2ccccc12.[HH]. The van der Waals surface area contributed by atoms with Crippen LogP contribution in [0, 0.1) is 11.8 Å². The number of aromatic nitrogens is 1. The molecule has 23 heavy (non-hydrogen) atoms. The van der Waals surface area contributed by atoms with Gasteiger partial charge in [-0.05, 0) is 55.7 Å². The molecule has 0 amide bonds. The van der Waals surface area contributed by atoms with E-state index in [1.165, 1.54) is 61.7 Å². The second kappa shape index (κ2) is 6.52. The van der Waals surface area contributed by atoms with Crippen molar-refractivity contribution in [3.63, 3.8) is 0 Å². The number of nitrogens with zero attached hydrogens (tertiary/aromatic N) is 1. The molecule has 1 saturated heterocycles. The van der Waals surface area contributed by atoms with Gasteiger partial charge in [-0.1, -0.05) is 43.7 Å². The van der Waals surface area contributed by atoms with E-state index in [-0.39, 0.29) is 1.43 Å². The van der Waals surface area contributed by atoms with Gasteiger partial charge in [0.1, 0.15) is 0 Å². The second-order valence-corrected chi connectivity index (χ2v) is 7.34. The summed E-state index contributed by atoms with van der Waals surface area (Å²) >= 11 is 0. The highest BCUT2D eigenvalue weighted by atomic mass is 15.2. The first-order chi connectivity index (χ1) is 11.3. The monoisotopic (exact) mass is 310 g/mol. The van der Waals surface area contributed by atoms with Crippen LogP contribution >= 0.6 is 0 Å². The number of hydrogen-bond donors (Lipinski definition) is 1. The van der Waals surface area contributed by atoms with Crippen molar-refractivity contribution in [3.8, 4) is 0 Å². The van der Waals surface area contributed by atoms with Crippen LogP contribution in [0.2, 0.25) is 0 Å². The van der Waals surface area contributed by atoms with Gasteiger partial charge in [0, 0.05) is 31.1 Å². The van der Waals surface area contributed by atoms with Crippen molar-refractivity contribution in [2.45, 2.75) is 45.1 Å². The Morgan fingerprint density at radius 2 is 2.22 bits per heavy atom. The van der Waals surface area contributed by atoms with Gasteiger partial charge in [-0.15, -0.1) is 0 Å². The zero-order chi connectivity index (χ0) is 15.6. The van der Waals surface area contributed by atoms with Crippen molar-refractivity contribution < 1.29 is 1.43 Å². The maximum atomic E-state index is 3.40. The van der Waals surface area contributed by atoms with Gasteiger partial charge >= 0.3 is 0 Å². The van der Waals surface area contributed by atoms with Crippen LogP contribution in [0.25, 0.3) is 10.9 Å². The molecule has 124 valence electrons. The minimum Gasteiger partial charge on any atom is -0.361 e. The summed E-state index contributed by atoms with van der Waals surface area (Å²) in [5, 5.41) is 1.40. The molecule has 1 aliphatic carbocycles. The quantitative estimate of drug-likeness (QED) is 0.768. The molecule has 2 heteroatoms. The Labute approximate surface area is 141 Å². The lowest BCUT2D eigenvalue weighted by molar-refractivity contribution is 0.0862. The van der Waals surface area contributed by atoms with Crippen molar-refractivity contribution in [1.82, 2.24) is 9.88 Å². The minimum atomic E-state index is 0. The molecule has 3 atom stereocenters. The van der Waals surface area contributed by atoms with Crippen LogP contribution in [0.5, 0.6) is 0 Å². The second-order valence-electron chi connectivity index (χ2n) is 7.34. The lowest BCUT2D eigenvalue weighted by atomic mass is 9.81. The number of fused-ring (bicyclic) bond motifs is 4. The number of H-pyrrole nitrogens is 1. The van der Waals surface area contributed by atoms with Crippen molar-refractivity contribution in [3.05, 3.63) is 48.2 Å². The number of hydrogen-bond acceptors (Lipinski definition) is 1. The van der Waals surface area contributed by atoms with Gasteiger partial charge in [-0.25, -0.2) is 0 Å². The number of piperidine rings is 1. The van der Waals surface area contributed by atoms with Crippen molar-refractivity contribution >= 4 is 10.9 Å². The highest BCUT2D eigenvalue weighted by Crippen LogP contribution is 2.35. The van der Waals surface area contributed by atoms with E-state index in [1.54, 1.807) is 0 Å². The smallest absolute Gasteiger partial charge is 0.0456 e. The van der Waals surface area contributed by atoms with E-state index in [1.807, 2.05) is 0 Å². The molecule has 0 saturated carbocycles. The average Bonchev–Trinajstić information content (AvgIpc) is 2.76. The van der Waals surface area contributed by atoms with E-state index >= 15 is 0 Å². The molecule has 3 heterocycles. The standard InChI is InChI=1S/C21H28N2.H2/c1-2-16-13-19-9-5-7-18(16)15-23(19)12-6-8-17-14-22-21-11-4-3-10-20(17)21;/h3-5,7,10-11,14,16,18-19,22H,2,6,8-9,12-13,15H2,1H3;1H. The fourth-order valence-electron chi connectivity index (χ4n) is 4.67. The summed E-state index contributed by atoms with van der Waals surface area (Å²) in [5.41, 5.74) is 2.75. The topological polar surface area (TPSA) is 19.0 Å². The zero-order valence-corrected chi connectivity index (χ0v) is 14.2. The normalized spacial score (nSPS) is 27.6. The summed E-state index contributed by atoms with van der Waals surface area (Å²) in [6.07, 6.45) is 13.6. The van der Waals surface area contributed by atoms with Crippen LogP contribution in [0.4, 0.5) is 0 Å². The number of rotatable bonds is 5. The number of aromatic amines is 1. The largest absolute Gasteiger partial charge is 0.361 e. The molecule has 3 unspecified atom stereocenters. The fraction of sp³-hybridized carbons (Fsp3) is 0.524.